The Kier molecular flexibility index (Phi) is 3.11. The van der Waals surface area contributed by atoms with Gasteiger partial charge in [0.15, 0.2) is 5.78 Å². The van der Waals surface area contributed by atoms with Crippen molar-refractivity contribution in [1.82, 2.24) is 0 Å². The molecule has 0 spiro atoms. The number of hydrogen-bond donors (Lipinski definition) is 1. The van der Waals surface area contributed by atoms with Crippen LogP contribution in [0.1, 0.15) is 23.7 Å². The van der Waals surface area contributed by atoms with Crippen LogP contribution in [-0.2, 0) is 4.74 Å². The standard InChI is InChI=1S/C14H14O3/c1-11(10-14(16)8-5-9-17-14)13(15)12-6-3-2-4-7-12/h2-7,9-10,16H,8H2,1H3/b11-10+. The lowest BCUT2D eigenvalue weighted by Crippen LogP contribution is -2.25. The minimum atomic E-state index is -1.37. The van der Waals surface area contributed by atoms with Crippen molar-refractivity contribution in [3.8, 4) is 0 Å². The summed E-state index contributed by atoms with van der Waals surface area (Å²) in [6.07, 6.45) is 4.99. The Hall–Kier alpha value is -1.87. The van der Waals surface area contributed by atoms with Crippen molar-refractivity contribution < 1.29 is 14.6 Å². The fourth-order valence-corrected chi connectivity index (χ4v) is 1.75. The summed E-state index contributed by atoms with van der Waals surface area (Å²) in [5, 5.41) is 9.94. The van der Waals surface area contributed by atoms with Gasteiger partial charge in [-0.05, 0) is 24.6 Å². The van der Waals surface area contributed by atoms with Crippen molar-refractivity contribution >= 4 is 5.78 Å². The van der Waals surface area contributed by atoms with Gasteiger partial charge in [0, 0.05) is 12.0 Å². The zero-order valence-electron chi connectivity index (χ0n) is 9.59. The molecule has 1 aliphatic rings. The summed E-state index contributed by atoms with van der Waals surface area (Å²) in [6, 6.07) is 8.97. The highest BCUT2D eigenvalue weighted by Crippen LogP contribution is 2.24. The zero-order chi connectivity index (χ0) is 12.3. The first kappa shape index (κ1) is 11.6. The molecule has 1 N–H and O–H groups in total. The minimum Gasteiger partial charge on any atom is -0.466 e. The van der Waals surface area contributed by atoms with Crippen LogP contribution in [0.15, 0.2) is 54.3 Å². The van der Waals surface area contributed by atoms with Crippen LogP contribution in [0.3, 0.4) is 0 Å². The molecule has 0 fully saturated rings. The number of ether oxygens (including phenoxy) is 1. The summed E-state index contributed by atoms with van der Waals surface area (Å²) in [4.78, 5) is 12.0. The molecule has 3 nitrogen and oxygen atoms in total. The van der Waals surface area contributed by atoms with Crippen molar-refractivity contribution in [2.75, 3.05) is 0 Å². The third-order valence-corrected chi connectivity index (χ3v) is 2.61. The van der Waals surface area contributed by atoms with E-state index in [0.29, 0.717) is 17.6 Å². The van der Waals surface area contributed by atoms with Crippen LogP contribution in [0, 0.1) is 0 Å². The molecule has 1 atom stereocenters. The SMILES string of the molecule is C/C(=C\C1(O)CC=CO1)C(=O)c1ccccc1. The molecule has 2 rings (SSSR count). The van der Waals surface area contributed by atoms with Crippen molar-refractivity contribution in [3.05, 3.63) is 59.9 Å². The summed E-state index contributed by atoms with van der Waals surface area (Å²) in [5.41, 5.74) is 1.08. The molecule has 1 heterocycles. The van der Waals surface area contributed by atoms with Gasteiger partial charge in [-0.1, -0.05) is 30.3 Å². The first-order valence-corrected chi connectivity index (χ1v) is 5.45. The molecule has 1 aromatic carbocycles. The van der Waals surface area contributed by atoms with Crippen LogP contribution in [0.25, 0.3) is 0 Å². The average molecular weight is 230 g/mol. The molecule has 17 heavy (non-hydrogen) atoms. The van der Waals surface area contributed by atoms with Gasteiger partial charge in [0.2, 0.25) is 5.79 Å². The Morgan fingerprint density at radius 1 is 1.41 bits per heavy atom. The summed E-state index contributed by atoms with van der Waals surface area (Å²) in [5.74, 6) is -1.47. The van der Waals surface area contributed by atoms with Crippen molar-refractivity contribution in [2.24, 2.45) is 0 Å². The number of rotatable bonds is 3. The molecule has 0 saturated heterocycles. The van der Waals surface area contributed by atoms with Gasteiger partial charge in [-0.2, -0.15) is 0 Å². The molecule has 0 amide bonds. The predicted octanol–water partition coefficient (Wildman–Crippen LogP) is 2.44. The topological polar surface area (TPSA) is 46.5 Å². The van der Waals surface area contributed by atoms with E-state index in [2.05, 4.69) is 0 Å². The van der Waals surface area contributed by atoms with Gasteiger partial charge in [0.05, 0.1) is 6.26 Å². The van der Waals surface area contributed by atoms with Crippen LogP contribution >= 0.6 is 0 Å². The average Bonchev–Trinajstić information content (AvgIpc) is 2.76. The van der Waals surface area contributed by atoms with Crippen LogP contribution < -0.4 is 0 Å². The molecule has 0 radical (unpaired) electrons. The normalized spacial score (nSPS) is 23.5. The van der Waals surface area contributed by atoms with Crippen LogP contribution in [0.2, 0.25) is 0 Å². The van der Waals surface area contributed by atoms with E-state index in [-0.39, 0.29) is 5.78 Å². The van der Waals surface area contributed by atoms with Gasteiger partial charge < -0.3 is 9.84 Å². The van der Waals surface area contributed by atoms with Crippen LogP contribution in [0.5, 0.6) is 0 Å². The molecule has 88 valence electrons. The molecule has 0 aliphatic carbocycles. The zero-order valence-corrected chi connectivity index (χ0v) is 9.59. The highest BCUT2D eigenvalue weighted by molar-refractivity contribution is 6.08. The number of ketones is 1. The van der Waals surface area contributed by atoms with Crippen molar-refractivity contribution in [2.45, 2.75) is 19.1 Å². The molecular weight excluding hydrogens is 216 g/mol. The smallest absolute Gasteiger partial charge is 0.231 e. The van der Waals surface area contributed by atoms with Gasteiger partial charge in [0.1, 0.15) is 0 Å². The lowest BCUT2D eigenvalue weighted by atomic mass is 10.0. The summed E-state index contributed by atoms with van der Waals surface area (Å²) < 4.78 is 5.04. The molecule has 0 bridgehead atoms. The van der Waals surface area contributed by atoms with E-state index in [4.69, 9.17) is 4.74 Å². The van der Waals surface area contributed by atoms with E-state index in [1.807, 2.05) is 18.2 Å². The van der Waals surface area contributed by atoms with E-state index < -0.39 is 5.79 Å². The largest absolute Gasteiger partial charge is 0.466 e. The first-order valence-electron chi connectivity index (χ1n) is 5.45. The molecule has 1 aromatic rings. The Morgan fingerprint density at radius 3 is 2.71 bits per heavy atom. The van der Waals surface area contributed by atoms with Gasteiger partial charge in [0.25, 0.3) is 0 Å². The van der Waals surface area contributed by atoms with Gasteiger partial charge in [-0.3, -0.25) is 4.79 Å². The Labute approximate surface area is 100 Å². The third-order valence-electron chi connectivity index (χ3n) is 2.61. The highest BCUT2D eigenvalue weighted by atomic mass is 16.6. The number of carbonyl (C=O) groups is 1. The molecule has 0 aromatic heterocycles. The second-order valence-electron chi connectivity index (χ2n) is 4.06. The first-order chi connectivity index (χ1) is 8.11. The molecule has 3 heteroatoms. The Balaban J connectivity index is 2.18. The second kappa shape index (κ2) is 4.55. The van der Waals surface area contributed by atoms with Crippen LogP contribution in [-0.4, -0.2) is 16.7 Å². The molecular formula is C14H14O3. The number of benzene rings is 1. The number of carbonyl (C=O) groups excluding carboxylic acids is 1. The van der Waals surface area contributed by atoms with Crippen molar-refractivity contribution in [1.29, 1.82) is 0 Å². The van der Waals surface area contributed by atoms with Crippen LogP contribution in [0.4, 0.5) is 0 Å². The molecule has 0 saturated carbocycles. The Morgan fingerprint density at radius 2 is 2.12 bits per heavy atom. The monoisotopic (exact) mass is 230 g/mol. The van der Waals surface area contributed by atoms with Gasteiger partial charge in [-0.15, -0.1) is 0 Å². The number of allylic oxidation sites excluding steroid dienone is 1. The maximum absolute atomic E-state index is 12.0. The number of hydrogen-bond acceptors (Lipinski definition) is 3. The van der Waals surface area contributed by atoms with E-state index in [0.717, 1.165) is 0 Å². The maximum Gasteiger partial charge on any atom is 0.231 e. The predicted molar refractivity (Wildman–Crippen MR) is 64.3 cm³/mol. The summed E-state index contributed by atoms with van der Waals surface area (Å²) >= 11 is 0. The second-order valence-corrected chi connectivity index (χ2v) is 4.06. The summed E-state index contributed by atoms with van der Waals surface area (Å²) in [6.45, 7) is 1.68. The summed E-state index contributed by atoms with van der Waals surface area (Å²) in [7, 11) is 0. The lowest BCUT2D eigenvalue weighted by Gasteiger charge is -2.18. The van der Waals surface area contributed by atoms with Gasteiger partial charge in [-0.25, -0.2) is 0 Å². The lowest BCUT2D eigenvalue weighted by molar-refractivity contribution is -0.109. The number of Topliss-reactive ketones (excluding diaryl/α,β-unsaturated/α-hetero) is 1. The van der Waals surface area contributed by atoms with E-state index >= 15 is 0 Å². The fraction of sp³-hybridized carbons (Fsp3) is 0.214. The van der Waals surface area contributed by atoms with E-state index in [1.54, 1.807) is 25.1 Å². The molecule has 1 aliphatic heterocycles. The highest BCUT2D eigenvalue weighted by Gasteiger charge is 2.28. The third kappa shape index (κ3) is 2.63. The van der Waals surface area contributed by atoms with E-state index in [9.17, 15) is 9.90 Å². The molecule has 1 unspecified atom stereocenters. The minimum absolute atomic E-state index is 0.102. The number of aliphatic hydroxyl groups is 1. The Bertz CT molecular complexity index is 464. The van der Waals surface area contributed by atoms with Crippen molar-refractivity contribution in [3.63, 3.8) is 0 Å². The maximum atomic E-state index is 12.0. The van der Waals surface area contributed by atoms with E-state index in [1.165, 1.54) is 12.3 Å². The fourth-order valence-electron chi connectivity index (χ4n) is 1.75. The van der Waals surface area contributed by atoms with Gasteiger partial charge >= 0.3 is 0 Å². The quantitative estimate of drug-likeness (QED) is 0.640.